The van der Waals surface area contributed by atoms with Crippen LogP contribution in [0.3, 0.4) is 0 Å². The van der Waals surface area contributed by atoms with Crippen LogP contribution in [0.15, 0.2) is 18.2 Å². The Bertz CT molecular complexity index is 728. The number of benzene rings is 1. The smallest absolute Gasteiger partial charge is 0.259 e. The molecule has 138 valence electrons. The van der Waals surface area contributed by atoms with E-state index in [9.17, 15) is 13.2 Å². The Hall–Kier alpha value is -1.80. The van der Waals surface area contributed by atoms with Gasteiger partial charge >= 0.3 is 0 Å². The van der Waals surface area contributed by atoms with E-state index in [4.69, 9.17) is 9.47 Å². The van der Waals surface area contributed by atoms with Crippen LogP contribution in [0.4, 0.5) is 0 Å². The summed E-state index contributed by atoms with van der Waals surface area (Å²) >= 11 is 0. The molecule has 0 aliphatic carbocycles. The molecule has 7 nitrogen and oxygen atoms in total. The lowest BCUT2D eigenvalue weighted by Gasteiger charge is -2.37. The van der Waals surface area contributed by atoms with Gasteiger partial charge in [-0.05, 0) is 37.8 Å². The second kappa shape index (κ2) is 6.84. The van der Waals surface area contributed by atoms with E-state index in [1.165, 1.54) is 20.5 Å². The van der Waals surface area contributed by atoms with Crippen LogP contribution in [-0.4, -0.2) is 57.2 Å². The van der Waals surface area contributed by atoms with Crippen LogP contribution in [0, 0.1) is 0 Å². The molecule has 0 saturated carbocycles. The molecule has 0 radical (unpaired) electrons. The van der Waals surface area contributed by atoms with Crippen LogP contribution >= 0.6 is 0 Å². The average Bonchev–Trinajstić information content (AvgIpc) is 2.86. The molecule has 2 fully saturated rings. The molecule has 2 bridgehead atoms. The fourth-order valence-electron chi connectivity index (χ4n) is 4.13. The van der Waals surface area contributed by atoms with Gasteiger partial charge in [0.25, 0.3) is 5.91 Å². The topological polar surface area (TPSA) is 84.9 Å². The summed E-state index contributed by atoms with van der Waals surface area (Å²) < 4.78 is 36.1. The van der Waals surface area contributed by atoms with Gasteiger partial charge in [0.2, 0.25) is 10.0 Å². The Morgan fingerprint density at radius 2 is 1.64 bits per heavy atom. The third-order valence-electron chi connectivity index (χ3n) is 5.04. The zero-order valence-corrected chi connectivity index (χ0v) is 15.5. The number of nitrogens with one attached hydrogen (secondary N) is 1. The van der Waals surface area contributed by atoms with E-state index in [1.807, 2.05) is 0 Å². The van der Waals surface area contributed by atoms with E-state index in [-0.39, 0.29) is 24.0 Å². The molecule has 2 aliphatic rings. The molecule has 8 heteroatoms. The first kappa shape index (κ1) is 18.0. The minimum absolute atomic E-state index is 0.0291. The van der Waals surface area contributed by atoms with Crippen LogP contribution in [0.2, 0.25) is 0 Å². The lowest BCUT2D eigenvalue weighted by molar-refractivity contribution is 0.0903. The largest absolute Gasteiger partial charge is 0.496 e. The number of sulfonamides is 1. The maximum atomic E-state index is 12.8. The van der Waals surface area contributed by atoms with E-state index in [2.05, 4.69) is 5.32 Å². The van der Waals surface area contributed by atoms with E-state index in [1.54, 1.807) is 22.5 Å². The van der Waals surface area contributed by atoms with Crippen molar-refractivity contribution in [3.63, 3.8) is 0 Å². The van der Waals surface area contributed by atoms with Crippen molar-refractivity contribution in [2.45, 2.75) is 43.8 Å². The Morgan fingerprint density at radius 3 is 2.08 bits per heavy atom. The van der Waals surface area contributed by atoms with Gasteiger partial charge in [-0.2, -0.15) is 4.31 Å². The molecule has 2 heterocycles. The van der Waals surface area contributed by atoms with E-state index in [0.29, 0.717) is 29.9 Å². The van der Waals surface area contributed by atoms with Gasteiger partial charge in [-0.3, -0.25) is 4.79 Å². The molecule has 1 N–H and O–H groups in total. The summed E-state index contributed by atoms with van der Waals surface area (Å²) in [6, 6.07) is 5.08. The first-order chi connectivity index (χ1) is 11.8. The Kier molecular flexibility index (Phi) is 4.92. The number of nitrogens with zero attached hydrogens (tertiary/aromatic N) is 1. The molecule has 1 aromatic rings. The lowest BCUT2D eigenvalue weighted by Crippen LogP contribution is -2.52. The van der Waals surface area contributed by atoms with Gasteiger partial charge in [0.1, 0.15) is 17.1 Å². The minimum atomic E-state index is -3.21. The summed E-state index contributed by atoms with van der Waals surface area (Å²) in [5.41, 5.74) is 0.366. The number of amides is 1. The first-order valence-corrected chi connectivity index (χ1v) is 10.2. The summed E-state index contributed by atoms with van der Waals surface area (Å²) in [6.45, 7) is 0. The highest BCUT2D eigenvalue weighted by Crippen LogP contribution is 2.38. The van der Waals surface area contributed by atoms with Gasteiger partial charge in [-0.25, -0.2) is 8.42 Å². The van der Waals surface area contributed by atoms with Crippen LogP contribution in [0.5, 0.6) is 11.5 Å². The zero-order chi connectivity index (χ0) is 18.2. The number of methoxy groups -OCH3 is 2. The van der Waals surface area contributed by atoms with Crippen molar-refractivity contribution < 1.29 is 22.7 Å². The summed E-state index contributed by atoms with van der Waals surface area (Å²) in [7, 11) is -0.186. The highest BCUT2D eigenvalue weighted by Gasteiger charge is 2.45. The van der Waals surface area contributed by atoms with Crippen molar-refractivity contribution in [1.82, 2.24) is 9.62 Å². The van der Waals surface area contributed by atoms with Gasteiger partial charge in [0, 0.05) is 18.1 Å². The first-order valence-electron chi connectivity index (χ1n) is 8.35. The summed E-state index contributed by atoms with van der Waals surface area (Å²) in [5.74, 6) is 0.647. The monoisotopic (exact) mass is 368 g/mol. The lowest BCUT2D eigenvalue weighted by atomic mass is 9.99. The Morgan fingerprint density at radius 1 is 1.12 bits per heavy atom. The van der Waals surface area contributed by atoms with Crippen molar-refractivity contribution in [2.24, 2.45) is 0 Å². The second-order valence-corrected chi connectivity index (χ2v) is 8.54. The predicted molar refractivity (Wildman–Crippen MR) is 93.5 cm³/mol. The number of hydrogen-bond donors (Lipinski definition) is 1. The van der Waals surface area contributed by atoms with Crippen LogP contribution in [0.25, 0.3) is 0 Å². The maximum absolute atomic E-state index is 12.8. The number of fused-ring (bicyclic) bond motifs is 2. The molecular formula is C17H24N2O5S. The van der Waals surface area contributed by atoms with Gasteiger partial charge in [0.15, 0.2) is 0 Å². The highest BCUT2D eigenvalue weighted by atomic mass is 32.2. The van der Waals surface area contributed by atoms with E-state index < -0.39 is 10.0 Å². The number of hydrogen-bond acceptors (Lipinski definition) is 5. The number of carbonyl (C=O) groups excluding carboxylic acids is 1. The molecular weight excluding hydrogens is 344 g/mol. The Balaban J connectivity index is 1.76. The van der Waals surface area contributed by atoms with Crippen LogP contribution < -0.4 is 14.8 Å². The van der Waals surface area contributed by atoms with Gasteiger partial charge < -0.3 is 14.8 Å². The van der Waals surface area contributed by atoms with E-state index in [0.717, 1.165) is 12.8 Å². The average molecular weight is 368 g/mol. The van der Waals surface area contributed by atoms with Gasteiger partial charge in [0.05, 0.1) is 20.5 Å². The number of carbonyl (C=O) groups is 1. The van der Waals surface area contributed by atoms with Crippen LogP contribution in [0.1, 0.15) is 36.0 Å². The molecule has 2 saturated heterocycles. The standard InChI is InChI=1S/C17H24N2O5S/c1-23-14-5-4-6-15(24-2)16(14)17(20)18-11-9-12-7-8-13(10-11)19(12)25(3,21)22/h4-6,11-13H,7-10H2,1-3H3,(H,18,20). The van der Waals surface area contributed by atoms with Crippen molar-refractivity contribution >= 4 is 15.9 Å². The van der Waals surface area contributed by atoms with E-state index >= 15 is 0 Å². The number of piperidine rings is 1. The number of ether oxygens (including phenoxy) is 2. The second-order valence-electron chi connectivity index (χ2n) is 6.66. The van der Waals surface area contributed by atoms with Gasteiger partial charge in [-0.15, -0.1) is 0 Å². The molecule has 25 heavy (non-hydrogen) atoms. The minimum Gasteiger partial charge on any atom is -0.496 e. The molecule has 1 amide bonds. The third-order valence-corrected chi connectivity index (χ3v) is 6.40. The molecule has 0 aromatic heterocycles. The molecule has 2 atom stereocenters. The van der Waals surface area contributed by atoms with Gasteiger partial charge in [-0.1, -0.05) is 6.07 Å². The Labute approximate surface area is 148 Å². The highest BCUT2D eigenvalue weighted by molar-refractivity contribution is 7.88. The molecule has 2 aliphatic heterocycles. The van der Waals surface area contributed by atoms with Crippen LogP contribution in [-0.2, 0) is 10.0 Å². The maximum Gasteiger partial charge on any atom is 0.259 e. The summed E-state index contributed by atoms with van der Waals surface area (Å²) in [6.07, 6.45) is 4.22. The molecule has 1 aromatic carbocycles. The molecule has 3 rings (SSSR count). The zero-order valence-electron chi connectivity index (χ0n) is 14.7. The van der Waals surface area contributed by atoms with Crippen molar-refractivity contribution in [3.05, 3.63) is 23.8 Å². The fourth-order valence-corrected chi connectivity index (χ4v) is 5.59. The number of rotatable bonds is 5. The fraction of sp³-hybridized carbons (Fsp3) is 0.588. The summed E-state index contributed by atoms with van der Waals surface area (Å²) in [5, 5.41) is 3.04. The molecule has 2 unspecified atom stereocenters. The van der Waals surface area contributed by atoms with Crippen molar-refractivity contribution in [1.29, 1.82) is 0 Å². The van der Waals surface area contributed by atoms with Crippen molar-refractivity contribution in [2.75, 3.05) is 20.5 Å². The SMILES string of the molecule is COc1cccc(OC)c1C(=O)NC1CC2CCC(C1)N2S(C)(=O)=O. The third kappa shape index (κ3) is 3.46. The van der Waals surface area contributed by atoms with Crippen molar-refractivity contribution in [3.8, 4) is 11.5 Å². The quantitative estimate of drug-likeness (QED) is 0.849. The predicted octanol–water partition coefficient (Wildman–Crippen LogP) is 1.39. The normalized spacial score (nSPS) is 26.3. The summed E-state index contributed by atoms with van der Waals surface area (Å²) in [4.78, 5) is 12.8. The molecule has 0 spiro atoms.